The fourth-order valence-electron chi connectivity index (χ4n) is 3.73. The second kappa shape index (κ2) is 11.2. The van der Waals surface area contributed by atoms with Crippen LogP contribution in [0.2, 0.25) is 0 Å². The molecule has 0 amide bonds. The lowest BCUT2D eigenvalue weighted by Crippen LogP contribution is -2.31. The molecule has 0 radical (unpaired) electrons. The second-order valence-electron chi connectivity index (χ2n) is 7.46. The molecule has 4 nitrogen and oxygen atoms in total. The highest BCUT2D eigenvalue weighted by Gasteiger charge is 2.31. The van der Waals surface area contributed by atoms with E-state index in [9.17, 15) is 9.59 Å². The minimum atomic E-state index is -0.228. The number of hydrogen-bond acceptors (Lipinski definition) is 4. The summed E-state index contributed by atoms with van der Waals surface area (Å²) in [7, 11) is 1.83. The Morgan fingerprint density at radius 2 is 1.28 bits per heavy atom. The molecule has 4 heteroatoms. The number of hydrogen-bond donors (Lipinski definition) is 0. The number of carbonyl (C=O) groups is 2. The van der Waals surface area contributed by atoms with Crippen LogP contribution in [0.4, 0.5) is 0 Å². The van der Waals surface area contributed by atoms with Gasteiger partial charge in [0.25, 0.3) is 0 Å². The molecule has 0 aliphatic heterocycles. The number of allylic oxidation sites excluding steroid dienone is 1. The van der Waals surface area contributed by atoms with Crippen molar-refractivity contribution in [2.75, 3.05) is 7.11 Å². The first-order chi connectivity index (χ1) is 11.9. The van der Waals surface area contributed by atoms with Crippen LogP contribution in [0.1, 0.15) is 65.2 Å². The maximum absolute atomic E-state index is 11.5. The molecule has 0 aromatic carbocycles. The van der Waals surface area contributed by atoms with E-state index in [0.29, 0.717) is 17.3 Å². The standard InChI is InChI=1S/C17H28O3.C4H6O/c1-12(2)17(18)20-16-10-6-14(7-11-16)13-4-8-15(19-3)9-5-13;1-4(2)3-5/h13-16H,1,4-11H2,2-3H3;3H,1H2,2H3. The van der Waals surface area contributed by atoms with Crippen LogP contribution < -0.4 is 0 Å². The van der Waals surface area contributed by atoms with Crippen LogP contribution in [-0.2, 0) is 19.1 Å². The molecule has 0 saturated heterocycles. The molecule has 0 spiro atoms. The van der Waals surface area contributed by atoms with Crippen molar-refractivity contribution >= 4 is 12.3 Å². The molecule has 0 aromatic rings. The first-order valence-corrected chi connectivity index (χ1v) is 9.37. The molecule has 2 aliphatic carbocycles. The minimum Gasteiger partial charge on any atom is -0.459 e. The zero-order valence-corrected chi connectivity index (χ0v) is 16.1. The quantitative estimate of drug-likeness (QED) is 0.412. The largest absolute Gasteiger partial charge is 0.459 e. The van der Waals surface area contributed by atoms with Crippen molar-refractivity contribution in [1.29, 1.82) is 0 Å². The molecule has 0 unspecified atom stereocenters. The van der Waals surface area contributed by atoms with Crippen LogP contribution in [0.15, 0.2) is 24.3 Å². The summed E-state index contributed by atoms with van der Waals surface area (Å²) >= 11 is 0. The van der Waals surface area contributed by atoms with Crippen molar-refractivity contribution < 1.29 is 19.1 Å². The summed E-state index contributed by atoms with van der Waals surface area (Å²) < 4.78 is 10.9. The van der Waals surface area contributed by atoms with Crippen molar-refractivity contribution in [3.05, 3.63) is 24.3 Å². The van der Waals surface area contributed by atoms with Gasteiger partial charge in [0.05, 0.1) is 6.10 Å². The Balaban J connectivity index is 0.000000550. The summed E-state index contributed by atoms with van der Waals surface area (Å²) in [5, 5.41) is 0. The highest BCUT2D eigenvalue weighted by molar-refractivity contribution is 5.87. The van der Waals surface area contributed by atoms with E-state index in [2.05, 4.69) is 13.2 Å². The highest BCUT2D eigenvalue weighted by atomic mass is 16.5. The van der Waals surface area contributed by atoms with Crippen LogP contribution in [-0.4, -0.2) is 31.6 Å². The van der Waals surface area contributed by atoms with E-state index in [1.54, 1.807) is 13.8 Å². The number of aldehydes is 1. The number of carbonyl (C=O) groups excluding carboxylic acids is 2. The molecule has 2 saturated carbocycles. The normalized spacial score (nSPS) is 28.9. The van der Waals surface area contributed by atoms with Crippen molar-refractivity contribution in [1.82, 2.24) is 0 Å². The van der Waals surface area contributed by atoms with Gasteiger partial charge in [0.2, 0.25) is 0 Å². The summed E-state index contributed by atoms with van der Waals surface area (Å²) in [6, 6.07) is 0. The molecular formula is C21H34O4. The number of esters is 1. The average Bonchev–Trinajstić information content (AvgIpc) is 2.62. The summed E-state index contributed by atoms with van der Waals surface area (Å²) in [5.74, 6) is 1.46. The van der Waals surface area contributed by atoms with Gasteiger partial charge in [-0.3, -0.25) is 4.79 Å². The summed E-state index contributed by atoms with van der Waals surface area (Å²) in [5.41, 5.74) is 1.08. The van der Waals surface area contributed by atoms with E-state index < -0.39 is 0 Å². The predicted octanol–water partition coefficient (Wildman–Crippen LogP) is 4.63. The topological polar surface area (TPSA) is 52.6 Å². The van der Waals surface area contributed by atoms with E-state index in [-0.39, 0.29) is 12.1 Å². The van der Waals surface area contributed by atoms with Gasteiger partial charge < -0.3 is 9.47 Å². The first kappa shape index (κ1) is 21.6. The predicted molar refractivity (Wildman–Crippen MR) is 100 cm³/mol. The molecule has 0 atom stereocenters. The van der Waals surface area contributed by atoms with E-state index in [1.165, 1.54) is 38.5 Å². The van der Waals surface area contributed by atoms with Crippen molar-refractivity contribution in [2.45, 2.75) is 77.4 Å². The summed E-state index contributed by atoms with van der Waals surface area (Å²) in [4.78, 5) is 20.9. The first-order valence-electron chi connectivity index (χ1n) is 9.37. The third-order valence-corrected chi connectivity index (χ3v) is 5.26. The molecule has 2 rings (SSSR count). The average molecular weight is 350 g/mol. The molecule has 2 aliphatic rings. The van der Waals surface area contributed by atoms with Crippen LogP contribution >= 0.6 is 0 Å². The number of ether oxygens (including phenoxy) is 2. The lowest BCUT2D eigenvalue weighted by atomic mass is 9.72. The Kier molecular flexibility index (Phi) is 9.73. The Labute approximate surface area is 152 Å². The van der Waals surface area contributed by atoms with Crippen LogP contribution in [0.25, 0.3) is 0 Å². The fraction of sp³-hybridized carbons (Fsp3) is 0.714. The van der Waals surface area contributed by atoms with Gasteiger partial charge in [-0.1, -0.05) is 13.2 Å². The maximum atomic E-state index is 11.5. The Morgan fingerprint density at radius 1 is 0.880 bits per heavy atom. The van der Waals surface area contributed by atoms with Crippen LogP contribution in [0.3, 0.4) is 0 Å². The molecular weight excluding hydrogens is 316 g/mol. The van der Waals surface area contributed by atoms with Gasteiger partial charge in [0.15, 0.2) is 0 Å². The lowest BCUT2D eigenvalue weighted by molar-refractivity contribution is -0.146. The van der Waals surface area contributed by atoms with Crippen molar-refractivity contribution in [2.24, 2.45) is 11.8 Å². The number of methoxy groups -OCH3 is 1. The van der Waals surface area contributed by atoms with Gasteiger partial charge in [0.1, 0.15) is 12.4 Å². The van der Waals surface area contributed by atoms with E-state index >= 15 is 0 Å². The summed E-state index contributed by atoms with van der Waals surface area (Å²) in [6.45, 7) is 10.3. The molecule has 0 heterocycles. The minimum absolute atomic E-state index is 0.116. The van der Waals surface area contributed by atoms with Gasteiger partial charge in [0, 0.05) is 12.7 Å². The van der Waals surface area contributed by atoms with Crippen molar-refractivity contribution in [3.8, 4) is 0 Å². The van der Waals surface area contributed by atoms with E-state index in [4.69, 9.17) is 9.47 Å². The molecule has 2 fully saturated rings. The van der Waals surface area contributed by atoms with Gasteiger partial charge in [-0.25, -0.2) is 4.79 Å². The molecule has 142 valence electrons. The highest BCUT2D eigenvalue weighted by Crippen LogP contribution is 2.39. The second-order valence-corrected chi connectivity index (χ2v) is 7.46. The third kappa shape index (κ3) is 8.00. The molecule has 0 N–H and O–H groups in total. The molecule has 0 aromatic heterocycles. The van der Waals surface area contributed by atoms with Crippen LogP contribution in [0, 0.1) is 11.8 Å². The number of rotatable bonds is 5. The SMILES string of the molecule is C=C(C)C(=O)OC1CCC(C2CCC(OC)CC2)CC1.C=C(C)C=O. The summed E-state index contributed by atoms with van der Waals surface area (Å²) in [6.07, 6.45) is 10.8. The zero-order chi connectivity index (χ0) is 18.8. The smallest absolute Gasteiger partial charge is 0.333 e. The van der Waals surface area contributed by atoms with E-state index in [1.807, 2.05) is 7.11 Å². The lowest BCUT2D eigenvalue weighted by Gasteiger charge is -2.37. The molecule has 0 bridgehead atoms. The van der Waals surface area contributed by atoms with Gasteiger partial charge in [-0.05, 0) is 82.6 Å². The van der Waals surface area contributed by atoms with Gasteiger partial charge in [-0.15, -0.1) is 0 Å². The maximum Gasteiger partial charge on any atom is 0.333 e. The van der Waals surface area contributed by atoms with Crippen molar-refractivity contribution in [3.63, 3.8) is 0 Å². The zero-order valence-electron chi connectivity index (χ0n) is 16.1. The Bertz CT molecular complexity index is 453. The van der Waals surface area contributed by atoms with Gasteiger partial charge in [-0.2, -0.15) is 0 Å². The fourth-order valence-corrected chi connectivity index (χ4v) is 3.73. The Morgan fingerprint density at radius 3 is 1.60 bits per heavy atom. The third-order valence-electron chi connectivity index (χ3n) is 5.26. The van der Waals surface area contributed by atoms with Crippen LogP contribution in [0.5, 0.6) is 0 Å². The monoisotopic (exact) mass is 350 g/mol. The van der Waals surface area contributed by atoms with E-state index in [0.717, 1.165) is 31.0 Å². The molecule has 25 heavy (non-hydrogen) atoms. The van der Waals surface area contributed by atoms with Gasteiger partial charge >= 0.3 is 5.97 Å². The Hall–Kier alpha value is -1.42.